The third kappa shape index (κ3) is 6.44. The minimum absolute atomic E-state index is 0.134. The molecule has 1 saturated heterocycles. The predicted octanol–water partition coefficient (Wildman–Crippen LogP) is 3.67. The van der Waals surface area contributed by atoms with Gasteiger partial charge in [-0.1, -0.05) is 25.7 Å². The van der Waals surface area contributed by atoms with Crippen LogP contribution in [0.2, 0.25) is 0 Å². The van der Waals surface area contributed by atoms with Crippen LogP contribution in [0.3, 0.4) is 0 Å². The Morgan fingerprint density at radius 1 is 1.03 bits per heavy atom. The Bertz CT molecular complexity index is 867. The van der Waals surface area contributed by atoms with Crippen LogP contribution in [0.15, 0.2) is 12.3 Å². The SMILES string of the molecule is COc1ccnc(C(=O)NC2CCCC(OC3CCCC3)C(OC3CCCC3)C(C)OC2=O)c1O. The van der Waals surface area contributed by atoms with Gasteiger partial charge in [0.05, 0.1) is 25.4 Å². The number of hydrogen-bond donors (Lipinski definition) is 2. The van der Waals surface area contributed by atoms with Crippen LogP contribution in [0.4, 0.5) is 0 Å². The van der Waals surface area contributed by atoms with E-state index < -0.39 is 24.0 Å². The molecule has 1 amide bonds. The maximum absolute atomic E-state index is 13.1. The number of cyclic esters (lactones) is 1. The van der Waals surface area contributed by atoms with Gasteiger partial charge in [0.25, 0.3) is 5.91 Å². The van der Waals surface area contributed by atoms with Crippen LogP contribution < -0.4 is 10.1 Å². The van der Waals surface area contributed by atoms with E-state index in [2.05, 4.69) is 10.3 Å². The fraction of sp³-hybridized carbons (Fsp3) is 0.731. The van der Waals surface area contributed by atoms with E-state index in [1.807, 2.05) is 6.92 Å². The van der Waals surface area contributed by atoms with Gasteiger partial charge in [-0.05, 0) is 51.9 Å². The van der Waals surface area contributed by atoms with Crippen molar-refractivity contribution >= 4 is 11.9 Å². The van der Waals surface area contributed by atoms with Crippen molar-refractivity contribution in [3.8, 4) is 11.5 Å². The topological polar surface area (TPSA) is 116 Å². The second-order valence-corrected chi connectivity index (χ2v) is 9.90. The molecule has 194 valence electrons. The first-order valence-corrected chi connectivity index (χ1v) is 13.0. The molecule has 0 bridgehead atoms. The maximum atomic E-state index is 13.1. The average Bonchev–Trinajstić information content (AvgIpc) is 3.55. The molecule has 3 aliphatic rings. The van der Waals surface area contributed by atoms with Crippen molar-refractivity contribution in [2.45, 2.75) is 114 Å². The van der Waals surface area contributed by atoms with Gasteiger partial charge < -0.3 is 29.4 Å². The first-order chi connectivity index (χ1) is 17.0. The molecule has 4 unspecified atom stereocenters. The zero-order chi connectivity index (χ0) is 24.8. The van der Waals surface area contributed by atoms with E-state index >= 15 is 0 Å². The first-order valence-electron chi connectivity index (χ1n) is 13.0. The molecule has 1 aromatic rings. The van der Waals surface area contributed by atoms with Crippen LogP contribution in [-0.4, -0.2) is 65.6 Å². The highest BCUT2D eigenvalue weighted by atomic mass is 16.6. The molecule has 4 rings (SSSR count). The lowest BCUT2D eigenvalue weighted by atomic mass is 10.0. The van der Waals surface area contributed by atoms with Gasteiger partial charge in [-0.15, -0.1) is 0 Å². The lowest BCUT2D eigenvalue weighted by Crippen LogP contribution is -2.47. The number of aromatic hydroxyl groups is 1. The van der Waals surface area contributed by atoms with Crippen LogP contribution in [0.5, 0.6) is 11.5 Å². The third-order valence-electron chi connectivity index (χ3n) is 7.35. The van der Waals surface area contributed by atoms with Gasteiger partial charge in [0.2, 0.25) is 0 Å². The van der Waals surface area contributed by atoms with Gasteiger partial charge in [-0.2, -0.15) is 0 Å². The lowest BCUT2D eigenvalue weighted by molar-refractivity contribution is -0.180. The highest BCUT2D eigenvalue weighted by molar-refractivity contribution is 5.97. The number of rotatable bonds is 7. The largest absolute Gasteiger partial charge is 0.503 e. The molecular weight excluding hydrogens is 452 g/mol. The maximum Gasteiger partial charge on any atom is 0.329 e. The molecule has 9 nitrogen and oxygen atoms in total. The van der Waals surface area contributed by atoms with Crippen LogP contribution in [0.1, 0.15) is 88.0 Å². The summed E-state index contributed by atoms with van der Waals surface area (Å²) in [5.41, 5.74) is -0.199. The van der Waals surface area contributed by atoms with E-state index in [-0.39, 0.29) is 41.6 Å². The molecule has 2 heterocycles. The quantitative estimate of drug-likeness (QED) is 0.556. The van der Waals surface area contributed by atoms with E-state index in [1.54, 1.807) is 0 Å². The molecule has 9 heteroatoms. The zero-order valence-electron chi connectivity index (χ0n) is 20.7. The van der Waals surface area contributed by atoms with Crippen molar-refractivity contribution in [1.29, 1.82) is 0 Å². The number of esters is 1. The molecule has 2 aliphatic carbocycles. The summed E-state index contributed by atoms with van der Waals surface area (Å²) in [6, 6.07) is 0.589. The lowest BCUT2D eigenvalue weighted by Gasteiger charge is -2.34. The molecule has 0 radical (unpaired) electrons. The normalized spacial score (nSPS) is 28.7. The van der Waals surface area contributed by atoms with Crippen LogP contribution in [-0.2, 0) is 19.0 Å². The molecular formula is C26H38N2O7. The smallest absolute Gasteiger partial charge is 0.329 e. The molecule has 1 aromatic heterocycles. The Hall–Kier alpha value is -2.39. The Morgan fingerprint density at radius 3 is 2.34 bits per heavy atom. The minimum Gasteiger partial charge on any atom is -0.503 e. The van der Waals surface area contributed by atoms with E-state index in [0.29, 0.717) is 19.3 Å². The van der Waals surface area contributed by atoms with E-state index in [1.165, 1.54) is 32.2 Å². The van der Waals surface area contributed by atoms with Crippen molar-refractivity contribution < 1.29 is 33.6 Å². The Morgan fingerprint density at radius 2 is 1.69 bits per heavy atom. The van der Waals surface area contributed by atoms with Crippen molar-refractivity contribution in [2.24, 2.45) is 0 Å². The highest BCUT2D eigenvalue weighted by Crippen LogP contribution is 2.32. The number of carbonyl (C=O) groups excluding carboxylic acids is 2. The Kier molecular flexibility index (Phi) is 8.83. The van der Waals surface area contributed by atoms with Crippen molar-refractivity contribution in [2.75, 3.05) is 7.11 Å². The molecule has 1 aliphatic heterocycles. The summed E-state index contributed by atoms with van der Waals surface area (Å²) in [7, 11) is 1.39. The average molecular weight is 491 g/mol. The molecule has 3 fully saturated rings. The second kappa shape index (κ2) is 12.0. The summed E-state index contributed by atoms with van der Waals surface area (Å²) < 4.78 is 23.9. The summed E-state index contributed by atoms with van der Waals surface area (Å²) in [6.45, 7) is 1.85. The summed E-state index contributed by atoms with van der Waals surface area (Å²) in [5.74, 6) is -1.41. The Balaban J connectivity index is 1.48. The molecule has 0 aromatic carbocycles. The van der Waals surface area contributed by atoms with Gasteiger partial charge in [-0.3, -0.25) is 4.79 Å². The van der Waals surface area contributed by atoms with E-state index in [4.69, 9.17) is 18.9 Å². The number of amides is 1. The van der Waals surface area contributed by atoms with Crippen LogP contribution >= 0.6 is 0 Å². The molecule has 4 atom stereocenters. The van der Waals surface area contributed by atoms with E-state index in [0.717, 1.165) is 38.5 Å². The zero-order valence-corrected chi connectivity index (χ0v) is 20.7. The van der Waals surface area contributed by atoms with Gasteiger partial charge >= 0.3 is 5.97 Å². The summed E-state index contributed by atoms with van der Waals surface area (Å²) in [6.07, 6.45) is 11.3. The number of aromatic nitrogens is 1. The van der Waals surface area contributed by atoms with Crippen LogP contribution in [0.25, 0.3) is 0 Å². The van der Waals surface area contributed by atoms with Gasteiger partial charge in [0.15, 0.2) is 17.2 Å². The predicted molar refractivity (Wildman–Crippen MR) is 127 cm³/mol. The van der Waals surface area contributed by atoms with E-state index in [9.17, 15) is 14.7 Å². The van der Waals surface area contributed by atoms with Crippen molar-refractivity contribution in [3.05, 3.63) is 18.0 Å². The third-order valence-corrected chi connectivity index (χ3v) is 7.35. The minimum atomic E-state index is -0.866. The van der Waals surface area contributed by atoms with Crippen molar-refractivity contribution in [1.82, 2.24) is 10.3 Å². The molecule has 35 heavy (non-hydrogen) atoms. The van der Waals surface area contributed by atoms with Crippen molar-refractivity contribution in [3.63, 3.8) is 0 Å². The fourth-order valence-corrected chi connectivity index (χ4v) is 5.43. The number of hydrogen-bond acceptors (Lipinski definition) is 8. The summed E-state index contributed by atoms with van der Waals surface area (Å²) in [4.78, 5) is 29.9. The Labute approximate surface area is 206 Å². The summed E-state index contributed by atoms with van der Waals surface area (Å²) in [5, 5.41) is 13.0. The van der Waals surface area contributed by atoms with Gasteiger partial charge in [0.1, 0.15) is 18.2 Å². The van der Waals surface area contributed by atoms with Gasteiger partial charge in [-0.25, -0.2) is 9.78 Å². The number of ether oxygens (including phenoxy) is 4. The second-order valence-electron chi connectivity index (χ2n) is 9.90. The number of nitrogens with one attached hydrogen (secondary N) is 1. The number of methoxy groups -OCH3 is 1. The number of pyridine rings is 1. The molecule has 2 N–H and O–H groups in total. The first kappa shape index (κ1) is 25.7. The summed E-state index contributed by atoms with van der Waals surface area (Å²) >= 11 is 0. The molecule has 0 spiro atoms. The monoisotopic (exact) mass is 490 g/mol. The van der Waals surface area contributed by atoms with Crippen LogP contribution in [0, 0.1) is 0 Å². The number of nitrogens with zero attached hydrogens (tertiary/aromatic N) is 1. The standard InChI is InChI=1S/C26H38N2O7/c1-16-24(35-18-10-5-6-11-18)21(34-17-8-3-4-9-17)13-7-12-19(26(31)33-16)28-25(30)22-23(29)20(32-2)14-15-27-22/h14-19,21,24,29H,3-13H2,1-2H3,(H,28,30). The highest BCUT2D eigenvalue weighted by Gasteiger charge is 2.39. The van der Waals surface area contributed by atoms with Gasteiger partial charge in [0, 0.05) is 12.3 Å². The molecule has 2 saturated carbocycles. The number of carbonyl (C=O) groups is 2. The fourth-order valence-electron chi connectivity index (χ4n) is 5.43.